The average molecular weight is 242 g/mol. The normalized spacial score (nSPS) is 10.3. The first-order valence-corrected chi connectivity index (χ1v) is 5.68. The first-order chi connectivity index (χ1) is 8.59. The van der Waals surface area contributed by atoms with Crippen molar-refractivity contribution in [2.45, 2.75) is 13.3 Å². The highest BCUT2D eigenvalue weighted by Gasteiger charge is 2.15. The summed E-state index contributed by atoms with van der Waals surface area (Å²) in [5, 5.41) is 19.0. The zero-order valence-corrected chi connectivity index (χ0v) is 10.1. The molecule has 0 saturated carbocycles. The molecular formula is C15H14O3. The lowest BCUT2D eigenvalue weighted by Crippen LogP contribution is -2.01. The fraction of sp³-hybridized carbons (Fsp3) is 0.133. The van der Waals surface area contributed by atoms with Crippen molar-refractivity contribution in [2.75, 3.05) is 0 Å². The molecule has 0 heterocycles. The molecule has 2 aromatic carbocycles. The molecule has 18 heavy (non-hydrogen) atoms. The molecule has 0 radical (unpaired) electrons. The van der Waals surface area contributed by atoms with Crippen LogP contribution in [0.25, 0.3) is 0 Å². The Balaban J connectivity index is 2.44. The number of hydrogen-bond donors (Lipinski definition) is 2. The van der Waals surface area contributed by atoms with E-state index in [0.717, 1.165) is 11.1 Å². The summed E-state index contributed by atoms with van der Waals surface area (Å²) in [4.78, 5) is 11.0. The second kappa shape index (κ2) is 4.92. The Morgan fingerprint density at radius 3 is 2.39 bits per heavy atom. The standard InChI is InChI=1S/C15H14O3/c1-10-7-8-12(15(17)18)14(16)13(10)9-11-5-3-2-4-6-11/h2-8,16H,9H2,1H3,(H,17,18). The highest BCUT2D eigenvalue weighted by atomic mass is 16.4. The first kappa shape index (κ1) is 12.2. The predicted molar refractivity (Wildman–Crippen MR) is 69.1 cm³/mol. The van der Waals surface area contributed by atoms with Crippen molar-refractivity contribution in [3.8, 4) is 5.75 Å². The molecule has 0 atom stereocenters. The number of aryl methyl sites for hydroxylation is 1. The van der Waals surface area contributed by atoms with Gasteiger partial charge in [0.2, 0.25) is 0 Å². The number of carbonyl (C=O) groups is 1. The SMILES string of the molecule is Cc1ccc(C(=O)O)c(O)c1Cc1ccccc1. The fourth-order valence-corrected chi connectivity index (χ4v) is 1.93. The summed E-state index contributed by atoms with van der Waals surface area (Å²) in [6.07, 6.45) is 0.527. The molecule has 0 bridgehead atoms. The Kier molecular flexibility index (Phi) is 3.33. The summed E-state index contributed by atoms with van der Waals surface area (Å²) >= 11 is 0. The van der Waals surface area contributed by atoms with Gasteiger partial charge in [0.1, 0.15) is 11.3 Å². The van der Waals surface area contributed by atoms with E-state index in [2.05, 4.69) is 0 Å². The highest BCUT2D eigenvalue weighted by Crippen LogP contribution is 2.28. The van der Waals surface area contributed by atoms with Gasteiger partial charge in [0.15, 0.2) is 0 Å². The topological polar surface area (TPSA) is 57.5 Å². The highest BCUT2D eigenvalue weighted by molar-refractivity contribution is 5.91. The third kappa shape index (κ3) is 2.35. The zero-order chi connectivity index (χ0) is 13.1. The lowest BCUT2D eigenvalue weighted by atomic mass is 9.97. The Morgan fingerprint density at radius 2 is 1.78 bits per heavy atom. The van der Waals surface area contributed by atoms with E-state index in [0.29, 0.717) is 12.0 Å². The van der Waals surface area contributed by atoms with Gasteiger partial charge in [-0.05, 0) is 24.1 Å². The van der Waals surface area contributed by atoms with E-state index in [4.69, 9.17) is 5.11 Å². The first-order valence-electron chi connectivity index (χ1n) is 5.68. The van der Waals surface area contributed by atoms with Crippen LogP contribution >= 0.6 is 0 Å². The quantitative estimate of drug-likeness (QED) is 0.869. The van der Waals surface area contributed by atoms with Gasteiger partial charge in [-0.1, -0.05) is 36.4 Å². The molecule has 0 aliphatic heterocycles. The number of rotatable bonds is 3. The number of benzene rings is 2. The lowest BCUT2D eigenvalue weighted by Gasteiger charge is -2.10. The maximum atomic E-state index is 11.0. The van der Waals surface area contributed by atoms with Gasteiger partial charge in [-0.15, -0.1) is 0 Å². The van der Waals surface area contributed by atoms with E-state index in [-0.39, 0.29) is 11.3 Å². The second-order valence-corrected chi connectivity index (χ2v) is 4.22. The number of carboxylic acids is 1. The molecule has 2 aromatic rings. The van der Waals surface area contributed by atoms with Gasteiger partial charge in [0.05, 0.1) is 0 Å². The molecule has 0 aliphatic rings. The molecule has 2 N–H and O–H groups in total. The molecule has 0 aromatic heterocycles. The van der Waals surface area contributed by atoms with E-state index < -0.39 is 5.97 Å². The minimum atomic E-state index is -1.11. The van der Waals surface area contributed by atoms with Crippen LogP contribution in [0.2, 0.25) is 0 Å². The van der Waals surface area contributed by atoms with Crippen LogP contribution in [0.4, 0.5) is 0 Å². The molecule has 0 spiro atoms. The monoisotopic (exact) mass is 242 g/mol. The number of phenols is 1. The molecule has 0 saturated heterocycles. The summed E-state index contributed by atoms with van der Waals surface area (Å²) in [5.41, 5.74) is 2.55. The van der Waals surface area contributed by atoms with Crippen molar-refractivity contribution >= 4 is 5.97 Å². The van der Waals surface area contributed by atoms with Crippen LogP contribution < -0.4 is 0 Å². The predicted octanol–water partition coefficient (Wildman–Crippen LogP) is 2.99. The van der Waals surface area contributed by atoms with E-state index >= 15 is 0 Å². The summed E-state index contributed by atoms with van der Waals surface area (Å²) < 4.78 is 0. The van der Waals surface area contributed by atoms with Crippen LogP contribution in [-0.4, -0.2) is 16.2 Å². The second-order valence-electron chi connectivity index (χ2n) is 4.22. The molecule has 3 nitrogen and oxygen atoms in total. The largest absolute Gasteiger partial charge is 0.507 e. The summed E-state index contributed by atoms with van der Waals surface area (Å²) in [6, 6.07) is 12.8. The van der Waals surface area contributed by atoms with Crippen LogP contribution in [0.5, 0.6) is 5.75 Å². The van der Waals surface area contributed by atoms with Crippen LogP contribution in [0.1, 0.15) is 27.0 Å². The Labute approximate surface area is 105 Å². The van der Waals surface area contributed by atoms with E-state index in [9.17, 15) is 9.90 Å². The Hall–Kier alpha value is -2.29. The number of aromatic hydroxyl groups is 1. The van der Waals surface area contributed by atoms with Crippen molar-refractivity contribution in [1.29, 1.82) is 0 Å². The van der Waals surface area contributed by atoms with Crippen molar-refractivity contribution in [1.82, 2.24) is 0 Å². The van der Waals surface area contributed by atoms with Crippen LogP contribution in [0.3, 0.4) is 0 Å². The van der Waals surface area contributed by atoms with Crippen molar-refractivity contribution in [3.05, 3.63) is 64.7 Å². The van der Waals surface area contributed by atoms with Gasteiger partial charge >= 0.3 is 5.97 Å². The van der Waals surface area contributed by atoms with E-state index in [1.165, 1.54) is 6.07 Å². The average Bonchev–Trinajstić information content (AvgIpc) is 2.35. The molecule has 0 unspecified atom stereocenters. The van der Waals surface area contributed by atoms with Crippen molar-refractivity contribution in [2.24, 2.45) is 0 Å². The van der Waals surface area contributed by atoms with Crippen LogP contribution in [0, 0.1) is 6.92 Å². The van der Waals surface area contributed by atoms with Gasteiger partial charge in [0, 0.05) is 12.0 Å². The Morgan fingerprint density at radius 1 is 1.11 bits per heavy atom. The minimum absolute atomic E-state index is 0.0495. The van der Waals surface area contributed by atoms with Gasteiger partial charge in [0.25, 0.3) is 0 Å². The van der Waals surface area contributed by atoms with Crippen molar-refractivity contribution < 1.29 is 15.0 Å². The van der Waals surface area contributed by atoms with Gasteiger partial charge in [-0.2, -0.15) is 0 Å². The molecule has 92 valence electrons. The smallest absolute Gasteiger partial charge is 0.339 e. The summed E-state index contributed by atoms with van der Waals surface area (Å²) in [5.74, 6) is -1.24. The minimum Gasteiger partial charge on any atom is -0.507 e. The van der Waals surface area contributed by atoms with Gasteiger partial charge < -0.3 is 10.2 Å². The molecule has 0 aliphatic carbocycles. The number of carboxylic acid groups (broad SMARTS) is 1. The van der Waals surface area contributed by atoms with Crippen molar-refractivity contribution in [3.63, 3.8) is 0 Å². The zero-order valence-electron chi connectivity index (χ0n) is 10.1. The fourth-order valence-electron chi connectivity index (χ4n) is 1.93. The number of aromatic carboxylic acids is 1. The molecule has 2 rings (SSSR count). The molecule has 0 amide bonds. The van der Waals surface area contributed by atoms with Crippen LogP contribution in [0.15, 0.2) is 42.5 Å². The van der Waals surface area contributed by atoms with E-state index in [1.54, 1.807) is 6.07 Å². The van der Waals surface area contributed by atoms with Gasteiger partial charge in [-0.3, -0.25) is 0 Å². The molecule has 3 heteroatoms. The molecular weight excluding hydrogens is 228 g/mol. The summed E-state index contributed by atoms with van der Waals surface area (Å²) in [7, 11) is 0. The van der Waals surface area contributed by atoms with E-state index in [1.807, 2.05) is 37.3 Å². The Bertz CT molecular complexity index is 574. The third-order valence-electron chi connectivity index (χ3n) is 2.97. The number of hydrogen-bond acceptors (Lipinski definition) is 2. The van der Waals surface area contributed by atoms with Gasteiger partial charge in [-0.25, -0.2) is 4.79 Å². The maximum absolute atomic E-state index is 11.0. The van der Waals surface area contributed by atoms with Crippen LogP contribution in [-0.2, 0) is 6.42 Å². The summed E-state index contributed by atoms with van der Waals surface area (Å²) in [6.45, 7) is 1.86. The molecule has 0 fully saturated rings. The lowest BCUT2D eigenvalue weighted by molar-refractivity contribution is 0.0693. The third-order valence-corrected chi connectivity index (χ3v) is 2.97. The maximum Gasteiger partial charge on any atom is 0.339 e.